The van der Waals surface area contributed by atoms with Gasteiger partial charge in [0.1, 0.15) is 0 Å². The van der Waals surface area contributed by atoms with Gasteiger partial charge in [-0.25, -0.2) is 4.79 Å². The number of aryl methyl sites for hydroxylation is 1. The van der Waals surface area contributed by atoms with E-state index in [1.165, 1.54) is 0 Å². The Morgan fingerprint density at radius 1 is 1.42 bits per heavy atom. The van der Waals surface area contributed by atoms with Gasteiger partial charge in [-0.15, -0.1) is 0 Å². The van der Waals surface area contributed by atoms with Gasteiger partial charge in [-0.2, -0.15) is 0 Å². The SMILES string of the molecule is CC(CC(CCc1ccccc1)[N+](=O)[O-])NC(=O)O. The molecule has 0 bridgehead atoms. The number of carbonyl (C=O) groups is 1. The van der Waals surface area contributed by atoms with E-state index < -0.39 is 18.2 Å². The molecule has 0 saturated carbocycles. The number of hydrogen-bond acceptors (Lipinski definition) is 3. The molecule has 2 atom stereocenters. The summed E-state index contributed by atoms with van der Waals surface area (Å²) in [5.41, 5.74) is 1.05. The average molecular weight is 266 g/mol. The molecule has 0 aliphatic heterocycles. The molecule has 0 fully saturated rings. The molecule has 19 heavy (non-hydrogen) atoms. The van der Waals surface area contributed by atoms with Gasteiger partial charge in [0.15, 0.2) is 0 Å². The summed E-state index contributed by atoms with van der Waals surface area (Å²) in [5.74, 6) is 0. The molecule has 0 heterocycles. The molecular formula is C13H18N2O4. The number of nitrogens with zero attached hydrogens (tertiary/aromatic N) is 1. The molecule has 1 rings (SSSR count). The monoisotopic (exact) mass is 266 g/mol. The highest BCUT2D eigenvalue weighted by molar-refractivity contribution is 5.64. The van der Waals surface area contributed by atoms with Crippen molar-refractivity contribution in [3.63, 3.8) is 0 Å². The summed E-state index contributed by atoms with van der Waals surface area (Å²) >= 11 is 0. The number of benzene rings is 1. The maximum atomic E-state index is 11.0. The van der Waals surface area contributed by atoms with Crippen LogP contribution in [0.3, 0.4) is 0 Å². The maximum Gasteiger partial charge on any atom is 0.404 e. The third-order valence-electron chi connectivity index (χ3n) is 2.90. The Kier molecular flexibility index (Phi) is 5.78. The largest absolute Gasteiger partial charge is 0.465 e. The molecule has 6 nitrogen and oxygen atoms in total. The van der Waals surface area contributed by atoms with Gasteiger partial charge in [-0.3, -0.25) is 10.1 Å². The van der Waals surface area contributed by atoms with Crippen LogP contribution in [0.25, 0.3) is 0 Å². The first kappa shape index (κ1) is 14.9. The van der Waals surface area contributed by atoms with Crippen LogP contribution in [-0.4, -0.2) is 28.2 Å². The molecule has 0 aliphatic rings. The quantitative estimate of drug-likeness (QED) is 0.585. The maximum absolute atomic E-state index is 11.0. The van der Waals surface area contributed by atoms with E-state index in [0.29, 0.717) is 12.8 Å². The van der Waals surface area contributed by atoms with Crippen LogP contribution in [0.1, 0.15) is 25.3 Å². The summed E-state index contributed by atoms with van der Waals surface area (Å²) in [6, 6.07) is 8.38. The van der Waals surface area contributed by atoms with Crippen LogP contribution in [0, 0.1) is 10.1 Å². The van der Waals surface area contributed by atoms with Gasteiger partial charge >= 0.3 is 6.09 Å². The molecule has 2 N–H and O–H groups in total. The molecule has 0 radical (unpaired) electrons. The Morgan fingerprint density at radius 2 is 2.05 bits per heavy atom. The molecule has 1 aromatic carbocycles. The van der Waals surface area contributed by atoms with Gasteiger partial charge in [-0.1, -0.05) is 30.3 Å². The van der Waals surface area contributed by atoms with Crippen molar-refractivity contribution in [2.75, 3.05) is 0 Å². The third-order valence-corrected chi connectivity index (χ3v) is 2.90. The molecule has 1 aromatic rings. The Morgan fingerprint density at radius 3 is 2.58 bits per heavy atom. The van der Waals surface area contributed by atoms with E-state index in [2.05, 4.69) is 5.32 Å². The van der Waals surface area contributed by atoms with E-state index in [4.69, 9.17) is 5.11 Å². The average Bonchev–Trinajstić information content (AvgIpc) is 2.34. The van der Waals surface area contributed by atoms with Gasteiger partial charge in [0.25, 0.3) is 0 Å². The highest BCUT2D eigenvalue weighted by Crippen LogP contribution is 2.11. The Balaban J connectivity index is 2.49. The summed E-state index contributed by atoms with van der Waals surface area (Å²) in [5, 5.41) is 21.8. The number of nitrogens with one attached hydrogen (secondary N) is 1. The predicted molar refractivity (Wildman–Crippen MR) is 70.8 cm³/mol. The molecular weight excluding hydrogens is 248 g/mol. The summed E-state index contributed by atoms with van der Waals surface area (Å²) in [6.45, 7) is 1.63. The van der Waals surface area contributed by atoms with Crippen molar-refractivity contribution in [3.05, 3.63) is 46.0 Å². The first-order valence-electron chi connectivity index (χ1n) is 6.16. The van der Waals surface area contributed by atoms with Gasteiger partial charge in [-0.05, 0) is 18.9 Å². The molecule has 0 aliphatic carbocycles. The van der Waals surface area contributed by atoms with Crippen LogP contribution >= 0.6 is 0 Å². The molecule has 6 heteroatoms. The highest BCUT2D eigenvalue weighted by Gasteiger charge is 2.23. The molecule has 0 saturated heterocycles. The second-order valence-electron chi connectivity index (χ2n) is 4.55. The predicted octanol–water partition coefficient (Wildman–Crippen LogP) is 2.31. The summed E-state index contributed by atoms with van der Waals surface area (Å²) in [6.07, 6.45) is 0.0683. The van der Waals surface area contributed by atoms with Gasteiger partial charge in [0.05, 0.1) is 0 Å². The number of hydrogen-bond donors (Lipinski definition) is 2. The van der Waals surface area contributed by atoms with Crippen molar-refractivity contribution in [2.24, 2.45) is 0 Å². The van der Waals surface area contributed by atoms with E-state index in [0.717, 1.165) is 5.56 Å². The summed E-state index contributed by atoms with van der Waals surface area (Å²) < 4.78 is 0. The topological polar surface area (TPSA) is 92.5 Å². The number of carboxylic acid groups (broad SMARTS) is 1. The Labute approximate surface area is 111 Å². The van der Waals surface area contributed by atoms with Crippen molar-refractivity contribution < 1.29 is 14.8 Å². The minimum absolute atomic E-state index is 0.201. The molecule has 0 spiro atoms. The third kappa shape index (κ3) is 5.85. The van der Waals surface area contributed by atoms with Crippen molar-refractivity contribution in [1.29, 1.82) is 0 Å². The summed E-state index contributed by atoms with van der Waals surface area (Å²) in [7, 11) is 0. The smallest absolute Gasteiger partial charge is 0.404 e. The van der Waals surface area contributed by atoms with E-state index in [1.54, 1.807) is 6.92 Å². The number of nitro groups is 1. The zero-order valence-corrected chi connectivity index (χ0v) is 10.8. The fourth-order valence-electron chi connectivity index (χ4n) is 1.97. The minimum atomic E-state index is -1.15. The van der Waals surface area contributed by atoms with E-state index in [9.17, 15) is 14.9 Å². The van der Waals surface area contributed by atoms with Crippen LogP contribution in [0.5, 0.6) is 0 Å². The Bertz CT molecular complexity index is 422. The first-order chi connectivity index (χ1) is 8.99. The normalized spacial score (nSPS) is 13.5. The lowest BCUT2D eigenvalue weighted by atomic mass is 10.0. The molecule has 0 aromatic heterocycles. The molecule has 1 amide bonds. The summed E-state index contributed by atoms with van der Waals surface area (Å²) in [4.78, 5) is 21.1. The van der Waals surface area contributed by atoms with Gasteiger partial charge < -0.3 is 10.4 Å². The lowest BCUT2D eigenvalue weighted by molar-refractivity contribution is -0.524. The van der Waals surface area contributed by atoms with Crippen LogP contribution in [-0.2, 0) is 6.42 Å². The fraction of sp³-hybridized carbons (Fsp3) is 0.462. The van der Waals surface area contributed by atoms with Crippen molar-refractivity contribution in [2.45, 2.75) is 38.3 Å². The van der Waals surface area contributed by atoms with E-state index >= 15 is 0 Å². The second-order valence-corrected chi connectivity index (χ2v) is 4.55. The zero-order chi connectivity index (χ0) is 14.3. The standard InChI is InChI=1S/C13H18N2O4/c1-10(14-13(16)17)9-12(15(18)19)8-7-11-5-3-2-4-6-11/h2-6,10,12,14H,7-9H2,1H3,(H,16,17). The molecule has 104 valence electrons. The van der Waals surface area contributed by atoms with Crippen molar-refractivity contribution >= 4 is 6.09 Å². The van der Waals surface area contributed by atoms with Crippen LogP contribution < -0.4 is 5.32 Å². The Hall–Kier alpha value is -2.11. The lowest BCUT2D eigenvalue weighted by Crippen LogP contribution is -2.36. The second kappa shape index (κ2) is 7.35. The van der Waals surface area contributed by atoms with Crippen molar-refractivity contribution in [3.8, 4) is 0 Å². The number of amides is 1. The van der Waals surface area contributed by atoms with Crippen LogP contribution in [0.4, 0.5) is 4.79 Å². The minimum Gasteiger partial charge on any atom is -0.465 e. The van der Waals surface area contributed by atoms with E-state index in [-0.39, 0.29) is 11.3 Å². The lowest BCUT2D eigenvalue weighted by Gasteiger charge is -2.15. The highest BCUT2D eigenvalue weighted by atomic mass is 16.6. The van der Waals surface area contributed by atoms with Crippen molar-refractivity contribution in [1.82, 2.24) is 5.32 Å². The van der Waals surface area contributed by atoms with Crippen LogP contribution in [0.2, 0.25) is 0 Å². The first-order valence-corrected chi connectivity index (χ1v) is 6.16. The van der Waals surface area contributed by atoms with Gasteiger partial charge in [0.2, 0.25) is 6.04 Å². The van der Waals surface area contributed by atoms with Crippen LogP contribution in [0.15, 0.2) is 30.3 Å². The van der Waals surface area contributed by atoms with Gasteiger partial charge in [0, 0.05) is 23.8 Å². The molecule has 2 unspecified atom stereocenters. The zero-order valence-electron chi connectivity index (χ0n) is 10.8. The van der Waals surface area contributed by atoms with E-state index in [1.807, 2.05) is 30.3 Å². The number of rotatable bonds is 7. The fourth-order valence-corrected chi connectivity index (χ4v) is 1.97.